The van der Waals surface area contributed by atoms with Gasteiger partial charge in [0, 0.05) is 6.07 Å². The summed E-state index contributed by atoms with van der Waals surface area (Å²) in [6, 6.07) is 1.40. The molecule has 0 aliphatic heterocycles. The maximum absolute atomic E-state index is 12.6. The van der Waals surface area contributed by atoms with Crippen LogP contribution in [0.15, 0.2) is 6.07 Å². The van der Waals surface area contributed by atoms with Gasteiger partial charge in [-0.1, -0.05) is 0 Å². The zero-order valence-corrected chi connectivity index (χ0v) is 18.4. The molecule has 0 saturated carbocycles. The second-order valence-corrected chi connectivity index (χ2v) is 9.33. The Bertz CT molecular complexity index is 719. The summed E-state index contributed by atoms with van der Waals surface area (Å²) >= 11 is 0. The highest BCUT2D eigenvalue weighted by Crippen LogP contribution is 2.22. The van der Waals surface area contributed by atoms with E-state index < -0.39 is 35.1 Å². The number of amides is 2. The molecule has 0 saturated heterocycles. The number of nitrogens with zero attached hydrogens (tertiary/aromatic N) is 3. The van der Waals surface area contributed by atoms with Crippen LogP contribution in [-0.4, -0.2) is 44.9 Å². The van der Waals surface area contributed by atoms with Crippen LogP contribution in [0.5, 0.6) is 0 Å². The van der Waals surface area contributed by atoms with Crippen molar-refractivity contribution in [1.82, 2.24) is 9.78 Å². The second kappa shape index (κ2) is 7.81. The van der Waals surface area contributed by atoms with E-state index in [4.69, 9.17) is 14.2 Å². The van der Waals surface area contributed by atoms with Crippen molar-refractivity contribution in [1.29, 1.82) is 0 Å². The zero-order valence-electron chi connectivity index (χ0n) is 18.4. The SMILES string of the molecule is Cc1cc(N(C(=O)OC(C)(C)C)C(=O)OC(C)(C)C)nn1C(=O)OC(C)(C)C. The second-order valence-electron chi connectivity index (χ2n) is 9.33. The predicted molar refractivity (Wildman–Crippen MR) is 104 cm³/mol. The first kappa shape index (κ1) is 23.5. The third-order valence-corrected chi connectivity index (χ3v) is 2.82. The van der Waals surface area contributed by atoms with E-state index in [2.05, 4.69) is 5.10 Å². The summed E-state index contributed by atoms with van der Waals surface area (Å²) in [5, 5.41) is 4.06. The lowest BCUT2D eigenvalue weighted by Crippen LogP contribution is -2.44. The Balaban J connectivity index is 3.31. The Labute approximate surface area is 165 Å². The van der Waals surface area contributed by atoms with E-state index in [1.807, 2.05) is 0 Å². The van der Waals surface area contributed by atoms with Gasteiger partial charge in [-0.05, 0) is 69.2 Å². The van der Waals surface area contributed by atoms with E-state index in [1.54, 1.807) is 69.2 Å². The number of carbonyl (C=O) groups is 3. The molecule has 2 amide bonds. The molecule has 1 heterocycles. The van der Waals surface area contributed by atoms with Crippen molar-refractivity contribution < 1.29 is 28.6 Å². The Morgan fingerprint density at radius 2 is 1.21 bits per heavy atom. The van der Waals surface area contributed by atoms with Gasteiger partial charge < -0.3 is 14.2 Å². The van der Waals surface area contributed by atoms with E-state index in [0.717, 1.165) is 4.68 Å². The van der Waals surface area contributed by atoms with Crippen molar-refractivity contribution in [3.63, 3.8) is 0 Å². The first-order valence-corrected chi connectivity index (χ1v) is 8.96. The molecule has 1 rings (SSSR count). The van der Waals surface area contributed by atoms with Crippen LogP contribution < -0.4 is 4.90 Å². The Morgan fingerprint density at radius 1 is 0.821 bits per heavy atom. The topological polar surface area (TPSA) is 100.0 Å². The molecule has 1 aromatic heterocycles. The predicted octanol–water partition coefficient (Wildman–Crippen LogP) is 4.65. The molecular weight excluding hydrogens is 366 g/mol. The van der Waals surface area contributed by atoms with Gasteiger partial charge >= 0.3 is 18.3 Å². The van der Waals surface area contributed by atoms with E-state index in [9.17, 15) is 14.4 Å². The minimum absolute atomic E-state index is 0.105. The molecule has 9 nitrogen and oxygen atoms in total. The van der Waals surface area contributed by atoms with Crippen molar-refractivity contribution in [2.45, 2.75) is 86.0 Å². The van der Waals surface area contributed by atoms with E-state index >= 15 is 0 Å². The van der Waals surface area contributed by atoms with Gasteiger partial charge in [-0.15, -0.1) is 5.10 Å². The van der Waals surface area contributed by atoms with Crippen LogP contribution in [0.4, 0.5) is 20.2 Å². The van der Waals surface area contributed by atoms with Crippen LogP contribution in [-0.2, 0) is 14.2 Å². The Kier molecular flexibility index (Phi) is 6.54. The third-order valence-electron chi connectivity index (χ3n) is 2.82. The van der Waals surface area contributed by atoms with Crippen molar-refractivity contribution in [3.8, 4) is 0 Å². The summed E-state index contributed by atoms with van der Waals surface area (Å²) < 4.78 is 16.9. The lowest BCUT2D eigenvalue weighted by atomic mass is 10.2. The van der Waals surface area contributed by atoms with Crippen molar-refractivity contribution >= 4 is 24.1 Å². The smallest absolute Gasteiger partial charge is 0.435 e. The van der Waals surface area contributed by atoms with Crippen LogP contribution in [0.25, 0.3) is 0 Å². The number of rotatable bonds is 1. The molecule has 0 bridgehead atoms. The number of aryl methyl sites for hydroxylation is 1. The summed E-state index contributed by atoms with van der Waals surface area (Å²) in [6.07, 6.45) is -2.66. The Morgan fingerprint density at radius 3 is 1.57 bits per heavy atom. The summed E-state index contributed by atoms with van der Waals surface area (Å²) in [4.78, 5) is 38.3. The van der Waals surface area contributed by atoms with Gasteiger partial charge in [-0.25, -0.2) is 14.4 Å². The highest BCUT2D eigenvalue weighted by molar-refractivity contribution is 6.08. The molecule has 0 spiro atoms. The minimum Gasteiger partial charge on any atom is -0.443 e. The highest BCUT2D eigenvalue weighted by atomic mass is 16.6. The molecule has 9 heteroatoms. The van der Waals surface area contributed by atoms with Crippen LogP contribution in [0.3, 0.4) is 0 Å². The fourth-order valence-corrected chi connectivity index (χ4v) is 1.93. The number of hydrogen-bond donors (Lipinski definition) is 0. The molecule has 0 aliphatic rings. The zero-order chi connectivity index (χ0) is 22.1. The molecule has 0 aliphatic carbocycles. The van der Waals surface area contributed by atoms with Crippen molar-refractivity contribution in [2.24, 2.45) is 0 Å². The van der Waals surface area contributed by atoms with Gasteiger partial charge in [0.15, 0.2) is 5.82 Å². The minimum atomic E-state index is -0.962. The van der Waals surface area contributed by atoms with Crippen molar-refractivity contribution in [2.75, 3.05) is 4.90 Å². The molecule has 158 valence electrons. The lowest BCUT2D eigenvalue weighted by Gasteiger charge is -2.27. The summed E-state index contributed by atoms with van der Waals surface area (Å²) in [5.41, 5.74) is -2.05. The van der Waals surface area contributed by atoms with Gasteiger partial charge in [0.1, 0.15) is 16.8 Å². The Hall–Kier alpha value is -2.58. The van der Waals surface area contributed by atoms with Crippen LogP contribution in [0.2, 0.25) is 0 Å². The van der Waals surface area contributed by atoms with Gasteiger partial charge in [0.05, 0.1) is 5.69 Å². The van der Waals surface area contributed by atoms with Gasteiger partial charge in [0.25, 0.3) is 0 Å². The average molecular weight is 397 g/mol. The molecule has 1 aromatic rings. The largest absolute Gasteiger partial charge is 0.443 e. The maximum atomic E-state index is 12.6. The molecule has 0 atom stereocenters. The van der Waals surface area contributed by atoms with Gasteiger partial charge in [-0.2, -0.15) is 9.58 Å². The van der Waals surface area contributed by atoms with Gasteiger partial charge in [0.2, 0.25) is 0 Å². The number of hydrogen-bond acceptors (Lipinski definition) is 7. The van der Waals surface area contributed by atoms with Crippen LogP contribution in [0, 0.1) is 6.92 Å². The highest BCUT2D eigenvalue weighted by Gasteiger charge is 2.35. The first-order valence-electron chi connectivity index (χ1n) is 8.96. The fraction of sp³-hybridized carbons (Fsp3) is 0.684. The normalized spacial score (nSPS) is 12.4. The molecule has 0 fully saturated rings. The molecule has 0 unspecified atom stereocenters. The van der Waals surface area contributed by atoms with Crippen LogP contribution >= 0.6 is 0 Å². The van der Waals surface area contributed by atoms with E-state index in [-0.39, 0.29) is 5.82 Å². The number of ether oxygens (including phenoxy) is 3. The van der Waals surface area contributed by atoms with E-state index in [0.29, 0.717) is 10.6 Å². The summed E-state index contributed by atoms with van der Waals surface area (Å²) in [5.74, 6) is -0.105. The molecule has 0 aromatic carbocycles. The summed E-state index contributed by atoms with van der Waals surface area (Å²) in [7, 11) is 0. The monoisotopic (exact) mass is 397 g/mol. The quantitative estimate of drug-likeness (QED) is 0.636. The number of carbonyl (C=O) groups excluding carboxylic acids is 3. The third kappa shape index (κ3) is 7.21. The molecule has 0 N–H and O–H groups in total. The standard InChI is InChI=1S/C19H31N3O6/c1-12-11-13(20-22(12)16(25)28-19(8,9)10)21(14(23)26-17(2,3)4)15(24)27-18(5,6)7/h11H,1-10H3. The average Bonchev–Trinajstić information content (AvgIpc) is 2.74. The maximum Gasteiger partial charge on any atom is 0.435 e. The number of anilines is 1. The lowest BCUT2D eigenvalue weighted by molar-refractivity contribution is 0.0419. The van der Waals surface area contributed by atoms with Crippen LogP contribution in [0.1, 0.15) is 68.0 Å². The van der Waals surface area contributed by atoms with Crippen molar-refractivity contribution in [3.05, 3.63) is 11.8 Å². The molecule has 0 radical (unpaired) electrons. The number of imide groups is 1. The van der Waals surface area contributed by atoms with E-state index in [1.165, 1.54) is 6.07 Å². The fourth-order valence-electron chi connectivity index (χ4n) is 1.93. The molecular formula is C19H31N3O6. The summed E-state index contributed by atoms with van der Waals surface area (Å²) in [6.45, 7) is 16.8. The molecule has 28 heavy (non-hydrogen) atoms. The first-order chi connectivity index (χ1) is 12.4. The van der Waals surface area contributed by atoms with Gasteiger partial charge in [-0.3, -0.25) is 0 Å². The number of aromatic nitrogens is 2.